The van der Waals surface area contributed by atoms with E-state index in [1.807, 2.05) is 30.3 Å². The highest BCUT2D eigenvalue weighted by molar-refractivity contribution is 6.07. The highest BCUT2D eigenvalue weighted by Gasteiger charge is 2.52. The van der Waals surface area contributed by atoms with E-state index in [1.165, 1.54) is 0 Å². The number of halogens is 3. The average Bonchev–Trinajstić information content (AvgIpc) is 3.05. The molecule has 0 aliphatic carbocycles. The molecule has 2 saturated heterocycles. The van der Waals surface area contributed by atoms with Crippen molar-refractivity contribution in [2.75, 3.05) is 13.2 Å². The van der Waals surface area contributed by atoms with Gasteiger partial charge in [-0.2, -0.15) is 13.2 Å². The molecule has 2 fully saturated rings. The molecule has 9 heteroatoms. The molecule has 0 radical (unpaired) electrons. The third-order valence-electron chi connectivity index (χ3n) is 6.52. The quantitative estimate of drug-likeness (QED) is 0.590. The SMILES string of the molecule is Cc1cc([C@@H](C)OC[C@@]2(c3ccccc3)CC[C@]3(CN2)NC(=O)NC3=O)cc(C(F)(F)F)c1. The summed E-state index contributed by atoms with van der Waals surface area (Å²) in [7, 11) is 0. The maximum atomic E-state index is 13.3. The molecule has 0 saturated carbocycles. The smallest absolute Gasteiger partial charge is 0.372 e. The van der Waals surface area contributed by atoms with E-state index in [-0.39, 0.29) is 19.1 Å². The van der Waals surface area contributed by atoms with Gasteiger partial charge in [0, 0.05) is 6.54 Å². The van der Waals surface area contributed by atoms with Crippen molar-refractivity contribution in [1.82, 2.24) is 16.0 Å². The lowest BCUT2D eigenvalue weighted by atomic mass is 9.76. The molecule has 3 atom stereocenters. The van der Waals surface area contributed by atoms with Crippen molar-refractivity contribution >= 4 is 11.9 Å². The van der Waals surface area contributed by atoms with E-state index in [0.29, 0.717) is 24.0 Å². The Balaban J connectivity index is 1.55. The molecule has 2 aromatic carbocycles. The van der Waals surface area contributed by atoms with Crippen LogP contribution in [0.5, 0.6) is 0 Å². The summed E-state index contributed by atoms with van der Waals surface area (Å²) in [5, 5.41) is 8.41. The molecule has 0 aromatic heterocycles. The Labute approximate surface area is 189 Å². The highest BCUT2D eigenvalue weighted by atomic mass is 19.4. The number of ether oxygens (including phenoxy) is 1. The predicted molar refractivity (Wildman–Crippen MR) is 115 cm³/mol. The molecule has 1 spiro atoms. The Morgan fingerprint density at radius 3 is 2.39 bits per heavy atom. The first kappa shape index (κ1) is 23.3. The lowest BCUT2D eigenvalue weighted by Gasteiger charge is -2.45. The summed E-state index contributed by atoms with van der Waals surface area (Å²) in [5.74, 6) is -0.365. The minimum Gasteiger partial charge on any atom is -0.372 e. The summed E-state index contributed by atoms with van der Waals surface area (Å²) in [6.45, 7) is 3.74. The molecule has 0 bridgehead atoms. The van der Waals surface area contributed by atoms with E-state index < -0.39 is 35.0 Å². The van der Waals surface area contributed by atoms with Gasteiger partial charge in [-0.1, -0.05) is 42.0 Å². The lowest BCUT2D eigenvalue weighted by molar-refractivity contribution is -0.137. The maximum Gasteiger partial charge on any atom is 0.416 e. The van der Waals surface area contributed by atoms with Crippen LogP contribution in [0.4, 0.5) is 18.0 Å². The molecule has 176 valence electrons. The second kappa shape index (κ2) is 8.46. The number of rotatable bonds is 5. The third-order valence-corrected chi connectivity index (χ3v) is 6.52. The van der Waals surface area contributed by atoms with Crippen molar-refractivity contribution in [3.8, 4) is 0 Å². The van der Waals surface area contributed by atoms with Crippen LogP contribution in [0.3, 0.4) is 0 Å². The summed E-state index contributed by atoms with van der Waals surface area (Å²) in [6, 6.07) is 13.0. The van der Waals surface area contributed by atoms with Gasteiger partial charge >= 0.3 is 12.2 Å². The normalized spacial score (nSPS) is 26.2. The van der Waals surface area contributed by atoms with Gasteiger partial charge in [-0.05, 0) is 49.9 Å². The standard InChI is InChI=1S/C24H26F3N3O3/c1-15-10-17(12-19(11-15)24(25,26)27)16(2)33-14-23(18-6-4-3-5-7-18)9-8-22(13-28-23)20(31)29-21(32)30-22/h3-7,10-12,16,28H,8-9,13-14H2,1-2H3,(H2,29,30,31,32)/t16-,22-,23-/m1/s1. The van der Waals surface area contributed by atoms with Crippen molar-refractivity contribution in [3.05, 3.63) is 70.8 Å². The molecule has 2 aromatic rings. The summed E-state index contributed by atoms with van der Waals surface area (Å²) in [5.41, 5.74) is -0.484. The van der Waals surface area contributed by atoms with Gasteiger partial charge in [-0.15, -0.1) is 0 Å². The zero-order valence-electron chi connectivity index (χ0n) is 18.4. The largest absolute Gasteiger partial charge is 0.416 e. The molecular formula is C24H26F3N3O3. The van der Waals surface area contributed by atoms with Gasteiger partial charge < -0.3 is 15.4 Å². The van der Waals surface area contributed by atoms with Gasteiger partial charge in [0.2, 0.25) is 0 Å². The van der Waals surface area contributed by atoms with Crippen molar-refractivity contribution in [1.29, 1.82) is 0 Å². The average molecular weight is 461 g/mol. The summed E-state index contributed by atoms with van der Waals surface area (Å²) >= 11 is 0. The van der Waals surface area contributed by atoms with Gasteiger partial charge in [0.15, 0.2) is 0 Å². The first-order valence-electron chi connectivity index (χ1n) is 10.8. The first-order valence-corrected chi connectivity index (χ1v) is 10.8. The van der Waals surface area contributed by atoms with E-state index in [4.69, 9.17) is 4.74 Å². The number of alkyl halides is 3. The number of carbonyl (C=O) groups excluding carboxylic acids is 2. The molecule has 2 aliphatic rings. The van der Waals surface area contributed by atoms with Crippen LogP contribution in [-0.4, -0.2) is 30.6 Å². The minimum absolute atomic E-state index is 0.180. The second-order valence-corrected chi connectivity index (χ2v) is 8.88. The van der Waals surface area contributed by atoms with Crippen molar-refractivity contribution in [3.63, 3.8) is 0 Å². The van der Waals surface area contributed by atoms with Crippen LogP contribution in [0.1, 0.15) is 48.1 Å². The van der Waals surface area contributed by atoms with Crippen LogP contribution in [0.25, 0.3) is 0 Å². The van der Waals surface area contributed by atoms with Crippen LogP contribution in [0.2, 0.25) is 0 Å². The molecule has 3 amide bonds. The van der Waals surface area contributed by atoms with Crippen molar-refractivity contribution in [2.45, 2.75) is 50.0 Å². The Morgan fingerprint density at radius 1 is 1.09 bits per heavy atom. The van der Waals surface area contributed by atoms with Crippen molar-refractivity contribution < 1.29 is 27.5 Å². The van der Waals surface area contributed by atoms with E-state index in [1.54, 1.807) is 19.9 Å². The van der Waals surface area contributed by atoms with Gasteiger partial charge in [0.25, 0.3) is 5.91 Å². The molecule has 3 N–H and O–H groups in total. The zero-order valence-corrected chi connectivity index (χ0v) is 18.4. The Hall–Kier alpha value is -2.91. The number of imide groups is 1. The van der Waals surface area contributed by atoms with E-state index in [0.717, 1.165) is 17.7 Å². The van der Waals surface area contributed by atoms with E-state index in [9.17, 15) is 22.8 Å². The number of aryl methyl sites for hydroxylation is 1. The van der Waals surface area contributed by atoms with Gasteiger partial charge in [0.1, 0.15) is 5.54 Å². The number of nitrogens with one attached hydrogen (secondary N) is 3. The predicted octanol–water partition coefficient (Wildman–Crippen LogP) is 3.95. The van der Waals surface area contributed by atoms with Crippen LogP contribution >= 0.6 is 0 Å². The number of benzene rings is 2. The van der Waals surface area contributed by atoms with Crippen LogP contribution < -0.4 is 16.0 Å². The Morgan fingerprint density at radius 2 is 1.82 bits per heavy atom. The van der Waals surface area contributed by atoms with Crippen molar-refractivity contribution in [2.24, 2.45) is 0 Å². The molecule has 2 aliphatic heterocycles. The number of hydrogen-bond donors (Lipinski definition) is 3. The summed E-state index contributed by atoms with van der Waals surface area (Å²) < 4.78 is 45.9. The van der Waals surface area contributed by atoms with Gasteiger partial charge in [-0.3, -0.25) is 10.1 Å². The van der Waals surface area contributed by atoms with Crippen LogP contribution in [0.15, 0.2) is 48.5 Å². The molecule has 4 rings (SSSR count). The molecular weight excluding hydrogens is 435 g/mol. The highest BCUT2D eigenvalue weighted by Crippen LogP contribution is 2.37. The van der Waals surface area contributed by atoms with Crippen LogP contribution in [-0.2, 0) is 21.2 Å². The molecule has 33 heavy (non-hydrogen) atoms. The fraction of sp³-hybridized carbons (Fsp3) is 0.417. The fourth-order valence-corrected chi connectivity index (χ4v) is 4.54. The monoisotopic (exact) mass is 461 g/mol. The number of urea groups is 1. The Kier molecular flexibility index (Phi) is 5.96. The number of hydrogen-bond acceptors (Lipinski definition) is 4. The molecule has 0 unspecified atom stereocenters. The minimum atomic E-state index is -4.43. The number of carbonyl (C=O) groups is 2. The lowest BCUT2D eigenvalue weighted by Crippen LogP contribution is -2.64. The number of amides is 3. The third kappa shape index (κ3) is 4.60. The maximum absolute atomic E-state index is 13.3. The summed E-state index contributed by atoms with van der Waals surface area (Å²) in [6.07, 6.45) is -4.14. The fourth-order valence-electron chi connectivity index (χ4n) is 4.54. The first-order chi connectivity index (χ1) is 15.5. The molecule has 6 nitrogen and oxygen atoms in total. The van der Waals surface area contributed by atoms with E-state index >= 15 is 0 Å². The Bertz CT molecular complexity index is 1050. The van der Waals surface area contributed by atoms with E-state index in [2.05, 4.69) is 16.0 Å². The van der Waals surface area contributed by atoms with Crippen LogP contribution in [0, 0.1) is 6.92 Å². The summed E-state index contributed by atoms with van der Waals surface area (Å²) in [4.78, 5) is 24.0. The second-order valence-electron chi connectivity index (χ2n) is 8.88. The van der Waals surface area contributed by atoms with Gasteiger partial charge in [-0.25, -0.2) is 4.79 Å². The zero-order chi connectivity index (χ0) is 23.9. The number of piperidine rings is 1. The molecule has 2 heterocycles. The van der Waals surface area contributed by atoms with Gasteiger partial charge in [0.05, 0.1) is 23.8 Å². The topological polar surface area (TPSA) is 79.5 Å².